The van der Waals surface area contributed by atoms with E-state index in [4.69, 9.17) is 10.8 Å². The molecule has 8 heteroatoms. The van der Waals surface area contributed by atoms with Gasteiger partial charge in [0.1, 0.15) is 0 Å². The fourth-order valence-corrected chi connectivity index (χ4v) is 2.38. The zero-order chi connectivity index (χ0) is 14.6. The third kappa shape index (κ3) is 3.32. The lowest BCUT2D eigenvalue weighted by Gasteiger charge is -2.31. The van der Waals surface area contributed by atoms with E-state index >= 15 is 0 Å². The maximum absolute atomic E-state index is 12.0. The van der Waals surface area contributed by atoms with Gasteiger partial charge >= 0.3 is 5.97 Å². The molecule has 2 rings (SSSR count). The van der Waals surface area contributed by atoms with Gasteiger partial charge in [-0.1, -0.05) is 24.5 Å². The van der Waals surface area contributed by atoms with E-state index in [1.807, 2.05) is 0 Å². The highest BCUT2D eigenvalue weighted by atomic mass is 16.4. The summed E-state index contributed by atoms with van der Waals surface area (Å²) in [4.78, 5) is 22.7. The summed E-state index contributed by atoms with van der Waals surface area (Å²) in [7, 11) is 0. The number of amides is 1. The Balaban J connectivity index is 1.80. The van der Waals surface area contributed by atoms with Crippen molar-refractivity contribution in [1.82, 2.24) is 20.3 Å². The molecule has 0 unspecified atom stereocenters. The quantitative estimate of drug-likeness (QED) is 0.684. The Bertz CT molecular complexity index is 493. The zero-order valence-corrected chi connectivity index (χ0v) is 11.2. The molecule has 4 N–H and O–H groups in total. The van der Waals surface area contributed by atoms with E-state index in [2.05, 4.69) is 15.6 Å². The van der Waals surface area contributed by atoms with Gasteiger partial charge in [0.15, 0.2) is 5.69 Å². The Labute approximate surface area is 116 Å². The van der Waals surface area contributed by atoms with Gasteiger partial charge in [0, 0.05) is 6.54 Å². The lowest BCUT2D eigenvalue weighted by Crippen LogP contribution is -2.55. The highest BCUT2D eigenvalue weighted by molar-refractivity contribution is 5.86. The molecule has 0 aliphatic heterocycles. The van der Waals surface area contributed by atoms with Crippen molar-refractivity contribution in [2.24, 2.45) is 5.73 Å². The normalized spacial score (nSPS) is 17.6. The highest BCUT2D eigenvalue weighted by Gasteiger charge is 2.34. The number of hydrogen-bond acceptors (Lipinski definition) is 5. The SMILES string of the molecule is NC1(C(=O)NCCn2cc(C(=O)O)nn2)CCCCC1. The number of nitrogens with two attached hydrogens (primary N) is 1. The Morgan fingerprint density at radius 1 is 1.40 bits per heavy atom. The summed E-state index contributed by atoms with van der Waals surface area (Å²) in [6, 6.07) is 0. The van der Waals surface area contributed by atoms with Gasteiger partial charge in [0.05, 0.1) is 18.3 Å². The van der Waals surface area contributed by atoms with E-state index in [0.717, 1.165) is 19.3 Å². The first-order valence-electron chi connectivity index (χ1n) is 6.72. The second-order valence-corrected chi connectivity index (χ2v) is 5.14. The summed E-state index contributed by atoms with van der Waals surface area (Å²) in [6.07, 6.45) is 5.84. The van der Waals surface area contributed by atoms with Crippen LogP contribution in [0.1, 0.15) is 42.6 Å². The lowest BCUT2D eigenvalue weighted by atomic mass is 9.82. The minimum atomic E-state index is -1.12. The molecule has 0 bridgehead atoms. The molecular formula is C12H19N5O3. The van der Waals surface area contributed by atoms with Crippen LogP contribution in [0.2, 0.25) is 0 Å². The van der Waals surface area contributed by atoms with Gasteiger partial charge in [0.2, 0.25) is 5.91 Å². The van der Waals surface area contributed by atoms with E-state index in [1.54, 1.807) is 0 Å². The minimum absolute atomic E-state index is 0.112. The standard InChI is InChI=1S/C12H19N5O3/c13-12(4-2-1-3-5-12)11(20)14-6-7-17-8-9(10(18)19)15-16-17/h8H,1-7,13H2,(H,14,20)(H,18,19). The van der Waals surface area contributed by atoms with Crippen molar-refractivity contribution in [2.75, 3.05) is 6.54 Å². The molecule has 1 aliphatic rings. The lowest BCUT2D eigenvalue weighted by molar-refractivity contribution is -0.127. The summed E-state index contributed by atoms with van der Waals surface area (Å²) < 4.78 is 1.38. The van der Waals surface area contributed by atoms with E-state index in [-0.39, 0.29) is 11.6 Å². The van der Waals surface area contributed by atoms with Gasteiger partial charge in [-0.05, 0) is 12.8 Å². The molecule has 8 nitrogen and oxygen atoms in total. The fraction of sp³-hybridized carbons (Fsp3) is 0.667. The fourth-order valence-electron chi connectivity index (χ4n) is 2.38. The Morgan fingerprint density at radius 2 is 2.10 bits per heavy atom. The maximum Gasteiger partial charge on any atom is 0.358 e. The molecule has 1 aliphatic carbocycles. The van der Waals surface area contributed by atoms with E-state index < -0.39 is 11.5 Å². The molecule has 1 saturated carbocycles. The van der Waals surface area contributed by atoms with Gasteiger partial charge in [0.25, 0.3) is 0 Å². The summed E-state index contributed by atoms with van der Waals surface area (Å²) in [6.45, 7) is 0.711. The predicted molar refractivity (Wildman–Crippen MR) is 70.0 cm³/mol. The molecule has 20 heavy (non-hydrogen) atoms. The van der Waals surface area contributed by atoms with Gasteiger partial charge in [-0.25, -0.2) is 9.48 Å². The summed E-state index contributed by atoms with van der Waals surface area (Å²) >= 11 is 0. The molecule has 0 atom stereocenters. The number of aromatic nitrogens is 3. The van der Waals surface area contributed by atoms with Crippen LogP contribution < -0.4 is 11.1 Å². The predicted octanol–water partition coefficient (Wildman–Crippen LogP) is -0.246. The summed E-state index contributed by atoms with van der Waals surface area (Å²) in [5.74, 6) is -1.26. The first-order valence-corrected chi connectivity index (χ1v) is 6.72. The smallest absolute Gasteiger partial charge is 0.358 e. The monoisotopic (exact) mass is 281 g/mol. The molecular weight excluding hydrogens is 262 g/mol. The van der Waals surface area contributed by atoms with Crippen molar-refractivity contribution >= 4 is 11.9 Å². The van der Waals surface area contributed by atoms with Crippen LogP contribution >= 0.6 is 0 Å². The first-order chi connectivity index (χ1) is 9.51. The van der Waals surface area contributed by atoms with Crippen LogP contribution in [0.25, 0.3) is 0 Å². The number of carbonyl (C=O) groups excluding carboxylic acids is 1. The van der Waals surface area contributed by atoms with Crippen molar-refractivity contribution in [1.29, 1.82) is 0 Å². The topological polar surface area (TPSA) is 123 Å². The second kappa shape index (κ2) is 6.00. The van der Waals surface area contributed by atoms with Crippen molar-refractivity contribution in [3.05, 3.63) is 11.9 Å². The molecule has 1 amide bonds. The van der Waals surface area contributed by atoms with Crippen LogP contribution in [0.15, 0.2) is 6.20 Å². The number of carbonyl (C=O) groups is 2. The Kier molecular flexibility index (Phi) is 4.33. The third-order valence-electron chi connectivity index (χ3n) is 3.58. The van der Waals surface area contributed by atoms with Crippen LogP contribution in [0.3, 0.4) is 0 Å². The van der Waals surface area contributed by atoms with Crippen LogP contribution in [0.5, 0.6) is 0 Å². The van der Waals surface area contributed by atoms with Crippen molar-refractivity contribution in [3.8, 4) is 0 Å². The average Bonchev–Trinajstić information content (AvgIpc) is 2.88. The number of rotatable bonds is 5. The highest BCUT2D eigenvalue weighted by Crippen LogP contribution is 2.25. The summed E-state index contributed by atoms with van der Waals surface area (Å²) in [5.41, 5.74) is 5.23. The summed E-state index contributed by atoms with van der Waals surface area (Å²) in [5, 5.41) is 18.7. The second-order valence-electron chi connectivity index (χ2n) is 5.14. The number of aromatic carboxylic acids is 1. The molecule has 0 spiro atoms. The molecule has 1 aromatic rings. The molecule has 0 radical (unpaired) electrons. The van der Waals surface area contributed by atoms with Gasteiger partial charge in [-0.15, -0.1) is 5.10 Å². The van der Waals surface area contributed by atoms with Crippen molar-refractivity contribution < 1.29 is 14.7 Å². The van der Waals surface area contributed by atoms with Crippen molar-refractivity contribution in [3.63, 3.8) is 0 Å². The molecule has 1 aromatic heterocycles. The molecule has 0 saturated heterocycles. The molecule has 1 heterocycles. The van der Waals surface area contributed by atoms with Crippen LogP contribution in [0.4, 0.5) is 0 Å². The van der Waals surface area contributed by atoms with E-state index in [0.29, 0.717) is 25.9 Å². The minimum Gasteiger partial charge on any atom is -0.476 e. The van der Waals surface area contributed by atoms with Crippen molar-refractivity contribution in [2.45, 2.75) is 44.2 Å². The number of nitrogens with zero attached hydrogens (tertiary/aromatic N) is 3. The van der Waals surface area contributed by atoms with Crippen LogP contribution in [-0.4, -0.2) is 44.1 Å². The Morgan fingerprint density at radius 3 is 2.70 bits per heavy atom. The number of nitrogens with one attached hydrogen (secondary N) is 1. The zero-order valence-electron chi connectivity index (χ0n) is 11.2. The maximum atomic E-state index is 12.0. The van der Waals surface area contributed by atoms with Crippen LogP contribution in [0, 0.1) is 0 Å². The van der Waals surface area contributed by atoms with Crippen LogP contribution in [-0.2, 0) is 11.3 Å². The largest absolute Gasteiger partial charge is 0.476 e. The van der Waals surface area contributed by atoms with Gasteiger partial charge in [-0.3, -0.25) is 4.79 Å². The number of carboxylic acids is 1. The Hall–Kier alpha value is -1.96. The van der Waals surface area contributed by atoms with Gasteiger partial charge in [-0.2, -0.15) is 0 Å². The number of carboxylic acid groups (broad SMARTS) is 1. The number of hydrogen-bond donors (Lipinski definition) is 3. The first kappa shape index (κ1) is 14.4. The molecule has 1 fully saturated rings. The molecule has 0 aromatic carbocycles. The molecule has 110 valence electrons. The average molecular weight is 281 g/mol. The van der Waals surface area contributed by atoms with E-state index in [9.17, 15) is 9.59 Å². The van der Waals surface area contributed by atoms with Gasteiger partial charge < -0.3 is 16.2 Å². The van der Waals surface area contributed by atoms with E-state index in [1.165, 1.54) is 10.9 Å². The third-order valence-corrected chi connectivity index (χ3v) is 3.58.